The Labute approximate surface area is 96.9 Å². The molecule has 1 heterocycles. The van der Waals surface area contributed by atoms with Crippen molar-refractivity contribution in [3.8, 4) is 11.5 Å². The van der Waals surface area contributed by atoms with Gasteiger partial charge in [-0.15, -0.1) is 0 Å². The van der Waals surface area contributed by atoms with Crippen LogP contribution in [-0.4, -0.2) is 16.8 Å². The first kappa shape index (κ1) is 11.4. The lowest BCUT2D eigenvalue weighted by Crippen LogP contribution is -2.19. The summed E-state index contributed by atoms with van der Waals surface area (Å²) in [5, 5.41) is 9.80. The molecule has 0 bridgehead atoms. The number of hydrogen-bond donors (Lipinski definition) is 1. The summed E-state index contributed by atoms with van der Waals surface area (Å²) in [6.45, 7) is 1.47. The smallest absolute Gasteiger partial charge is 0.293 e. The molecule has 0 atom stereocenters. The van der Waals surface area contributed by atoms with E-state index in [1.165, 1.54) is 37.8 Å². The van der Waals surface area contributed by atoms with Gasteiger partial charge in [-0.2, -0.15) is 0 Å². The first-order valence-corrected chi connectivity index (χ1v) is 5.03. The number of phenols is 1. The standard InChI is InChI=1S/C12H12FNO3/c1-6-9(15)5-8-7(11(6)13)4-10(17-3)12(16)14(8)2/h4-5,15H,1-3H3. The van der Waals surface area contributed by atoms with Crippen LogP contribution in [0.4, 0.5) is 4.39 Å². The molecule has 0 radical (unpaired) electrons. The lowest BCUT2D eigenvalue weighted by molar-refractivity contribution is 0.406. The predicted octanol–water partition coefficient (Wildman–Crippen LogP) is 1.70. The number of hydrogen-bond acceptors (Lipinski definition) is 3. The lowest BCUT2D eigenvalue weighted by atomic mass is 10.1. The summed E-state index contributed by atoms with van der Waals surface area (Å²) in [7, 11) is 2.86. The molecule has 5 heteroatoms. The molecule has 2 aromatic rings. The van der Waals surface area contributed by atoms with Crippen LogP contribution in [0, 0.1) is 12.7 Å². The molecule has 1 aromatic heterocycles. The maximum Gasteiger partial charge on any atom is 0.293 e. The molecule has 2 rings (SSSR count). The lowest BCUT2D eigenvalue weighted by Gasteiger charge is -2.11. The van der Waals surface area contributed by atoms with Crippen molar-refractivity contribution in [3.05, 3.63) is 33.9 Å². The van der Waals surface area contributed by atoms with E-state index in [9.17, 15) is 14.3 Å². The third-order valence-corrected chi connectivity index (χ3v) is 2.87. The SMILES string of the molecule is COc1cc2c(F)c(C)c(O)cc2n(C)c1=O. The molecule has 0 aliphatic carbocycles. The Morgan fingerprint density at radius 3 is 2.65 bits per heavy atom. The van der Waals surface area contributed by atoms with E-state index >= 15 is 0 Å². The minimum absolute atomic E-state index is 0.0731. The van der Waals surface area contributed by atoms with Gasteiger partial charge in [-0.3, -0.25) is 4.79 Å². The third kappa shape index (κ3) is 1.54. The Kier molecular flexibility index (Phi) is 2.53. The molecule has 0 saturated heterocycles. The second kappa shape index (κ2) is 3.76. The molecule has 0 aliphatic rings. The minimum Gasteiger partial charge on any atom is -0.507 e. The Balaban J connectivity index is 3.02. The topological polar surface area (TPSA) is 51.5 Å². The molecule has 0 unspecified atom stereocenters. The van der Waals surface area contributed by atoms with Crippen LogP contribution >= 0.6 is 0 Å². The number of pyridine rings is 1. The normalized spacial score (nSPS) is 10.8. The number of nitrogens with zero attached hydrogens (tertiary/aromatic N) is 1. The van der Waals surface area contributed by atoms with E-state index in [0.717, 1.165) is 0 Å². The first-order valence-electron chi connectivity index (χ1n) is 5.03. The molecule has 1 N–H and O–H groups in total. The number of rotatable bonds is 1. The number of benzene rings is 1. The summed E-state index contributed by atoms with van der Waals surface area (Å²) in [6.07, 6.45) is 0. The van der Waals surface area contributed by atoms with Crippen LogP contribution in [0.5, 0.6) is 11.5 Å². The monoisotopic (exact) mass is 237 g/mol. The maximum absolute atomic E-state index is 14.0. The van der Waals surface area contributed by atoms with Crippen LogP contribution in [0.1, 0.15) is 5.56 Å². The Morgan fingerprint density at radius 1 is 1.41 bits per heavy atom. The van der Waals surface area contributed by atoms with E-state index in [1.54, 1.807) is 0 Å². The van der Waals surface area contributed by atoms with Crippen LogP contribution in [0.3, 0.4) is 0 Å². The summed E-state index contributed by atoms with van der Waals surface area (Å²) in [5.41, 5.74) is 0.109. The number of aromatic nitrogens is 1. The van der Waals surface area contributed by atoms with E-state index in [-0.39, 0.29) is 28.0 Å². The number of phenolic OH excluding ortho intramolecular Hbond substituents is 1. The number of aryl methyl sites for hydroxylation is 1. The highest BCUT2D eigenvalue weighted by molar-refractivity contribution is 5.83. The van der Waals surface area contributed by atoms with Gasteiger partial charge in [-0.05, 0) is 13.0 Å². The largest absolute Gasteiger partial charge is 0.507 e. The highest BCUT2D eigenvalue weighted by Gasteiger charge is 2.14. The number of halogens is 1. The van der Waals surface area contributed by atoms with E-state index in [1.807, 2.05) is 0 Å². The fourth-order valence-corrected chi connectivity index (χ4v) is 1.77. The van der Waals surface area contributed by atoms with Gasteiger partial charge < -0.3 is 14.4 Å². The molecule has 4 nitrogen and oxygen atoms in total. The molecule has 0 spiro atoms. The van der Waals surface area contributed by atoms with Crippen molar-refractivity contribution in [2.24, 2.45) is 7.05 Å². The van der Waals surface area contributed by atoms with Gasteiger partial charge in [0.15, 0.2) is 5.75 Å². The number of ether oxygens (including phenoxy) is 1. The highest BCUT2D eigenvalue weighted by Crippen LogP contribution is 2.28. The van der Waals surface area contributed by atoms with Crippen molar-refractivity contribution in [2.45, 2.75) is 6.92 Å². The first-order chi connectivity index (χ1) is 7.97. The molecular weight excluding hydrogens is 225 g/mol. The van der Waals surface area contributed by atoms with Gasteiger partial charge in [0.2, 0.25) is 0 Å². The molecule has 1 aromatic carbocycles. The van der Waals surface area contributed by atoms with Gasteiger partial charge >= 0.3 is 0 Å². The molecule has 0 amide bonds. The highest BCUT2D eigenvalue weighted by atomic mass is 19.1. The predicted molar refractivity (Wildman–Crippen MR) is 62.1 cm³/mol. The van der Waals surface area contributed by atoms with E-state index in [0.29, 0.717) is 5.52 Å². The van der Waals surface area contributed by atoms with Crippen molar-refractivity contribution in [1.82, 2.24) is 4.57 Å². The van der Waals surface area contributed by atoms with E-state index in [2.05, 4.69) is 0 Å². The van der Waals surface area contributed by atoms with Crippen LogP contribution < -0.4 is 10.3 Å². The van der Waals surface area contributed by atoms with Crippen LogP contribution in [0.25, 0.3) is 10.9 Å². The van der Waals surface area contributed by atoms with E-state index < -0.39 is 5.82 Å². The Bertz CT molecular complexity index is 661. The molecule has 90 valence electrons. The fraction of sp³-hybridized carbons (Fsp3) is 0.250. The summed E-state index contributed by atoms with van der Waals surface area (Å²) in [4.78, 5) is 11.8. The Morgan fingerprint density at radius 2 is 2.06 bits per heavy atom. The minimum atomic E-state index is -0.547. The molecule has 0 aliphatic heterocycles. The zero-order valence-electron chi connectivity index (χ0n) is 9.74. The zero-order valence-corrected chi connectivity index (χ0v) is 9.74. The average Bonchev–Trinajstić information content (AvgIpc) is 2.32. The maximum atomic E-state index is 14.0. The van der Waals surface area contributed by atoms with Crippen molar-refractivity contribution < 1.29 is 14.2 Å². The summed E-state index contributed by atoms with van der Waals surface area (Å²) in [5.74, 6) is -0.645. The third-order valence-electron chi connectivity index (χ3n) is 2.87. The van der Waals surface area contributed by atoms with Crippen molar-refractivity contribution in [3.63, 3.8) is 0 Å². The van der Waals surface area contributed by atoms with Gasteiger partial charge in [0.1, 0.15) is 11.6 Å². The second-order valence-corrected chi connectivity index (χ2v) is 3.84. The molecule has 0 fully saturated rings. The molecule has 0 saturated carbocycles. The van der Waals surface area contributed by atoms with Gasteiger partial charge in [0, 0.05) is 24.1 Å². The van der Waals surface area contributed by atoms with E-state index in [4.69, 9.17) is 4.74 Å². The van der Waals surface area contributed by atoms with Crippen LogP contribution in [0.15, 0.2) is 16.9 Å². The van der Waals surface area contributed by atoms with Crippen molar-refractivity contribution >= 4 is 10.9 Å². The number of aromatic hydroxyl groups is 1. The van der Waals surface area contributed by atoms with Gasteiger partial charge in [0.05, 0.1) is 12.6 Å². The molecule has 17 heavy (non-hydrogen) atoms. The van der Waals surface area contributed by atoms with Gasteiger partial charge in [-0.1, -0.05) is 0 Å². The summed E-state index contributed by atoms with van der Waals surface area (Å²) < 4.78 is 20.1. The van der Waals surface area contributed by atoms with Crippen LogP contribution in [0.2, 0.25) is 0 Å². The summed E-state index contributed by atoms with van der Waals surface area (Å²) in [6, 6.07) is 2.72. The van der Waals surface area contributed by atoms with Crippen LogP contribution in [-0.2, 0) is 7.05 Å². The average molecular weight is 237 g/mol. The zero-order chi connectivity index (χ0) is 12.7. The second-order valence-electron chi connectivity index (χ2n) is 3.84. The quantitative estimate of drug-likeness (QED) is 0.821. The van der Waals surface area contributed by atoms with Crippen molar-refractivity contribution in [1.29, 1.82) is 0 Å². The molecular formula is C12H12FNO3. The van der Waals surface area contributed by atoms with Gasteiger partial charge in [0.25, 0.3) is 5.56 Å². The number of fused-ring (bicyclic) bond motifs is 1. The van der Waals surface area contributed by atoms with Gasteiger partial charge in [-0.25, -0.2) is 4.39 Å². The fourth-order valence-electron chi connectivity index (χ4n) is 1.77. The summed E-state index contributed by atoms with van der Waals surface area (Å²) >= 11 is 0. The Hall–Kier alpha value is -2.04. The van der Waals surface area contributed by atoms with Crippen molar-refractivity contribution in [2.75, 3.05) is 7.11 Å². The number of methoxy groups -OCH3 is 1.